The predicted octanol–water partition coefficient (Wildman–Crippen LogP) is 5.43. The molecule has 14 nitrogen and oxygen atoms in total. The highest BCUT2D eigenvalue weighted by Crippen LogP contribution is 2.30. The lowest BCUT2D eigenvalue weighted by atomic mass is 9.97. The first kappa shape index (κ1) is 57.3. The van der Waals surface area contributed by atoms with Crippen LogP contribution in [0.15, 0.2) is 85.1 Å². The standard InChI is InChI=1S/C50H83NO13/c1-3-5-7-9-11-12-13-14-15-16-17-18-19-20-21-22-23-24-25-26-28-30-32-34-42(55)51-38(39(54)33-31-29-27-10-8-6-4-2)37-61-49-47(60)45(58)48(41(36-53)63-49)64-50-46(59)44(57)43(56)40(35-52)62-50/h5,7,11-12,14-15,17-18,20-21,23-24,26,28,38-41,43-50,52-54,56-60H,3-4,6,8-10,13,16,19,22,25,27,29-37H2,1-2H3,(H,51,55)/b7-5-,12-11-,15-14-,18-17-,21-20-,24-23-,28-26-. The molecule has 2 heterocycles. The Bertz CT molecular complexity index is 1400. The number of carbonyl (C=O) groups is 1. The molecule has 0 aromatic heterocycles. The van der Waals surface area contributed by atoms with Gasteiger partial charge in [0.05, 0.1) is 32.0 Å². The molecular formula is C50H83NO13. The molecule has 366 valence electrons. The first-order valence-corrected chi connectivity index (χ1v) is 23.8. The van der Waals surface area contributed by atoms with E-state index < -0.39 is 86.8 Å². The van der Waals surface area contributed by atoms with Crippen LogP contribution in [0.5, 0.6) is 0 Å². The number of hydrogen-bond acceptors (Lipinski definition) is 13. The van der Waals surface area contributed by atoms with Crippen LogP contribution in [0.2, 0.25) is 0 Å². The zero-order valence-corrected chi connectivity index (χ0v) is 38.5. The minimum Gasteiger partial charge on any atom is -0.394 e. The topological polar surface area (TPSA) is 228 Å². The minimum absolute atomic E-state index is 0.218. The zero-order valence-electron chi connectivity index (χ0n) is 38.5. The Hall–Kier alpha value is -2.83. The Morgan fingerprint density at radius 2 is 1.06 bits per heavy atom. The van der Waals surface area contributed by atoms with Crippen LogP contribution in [0.1, 0.15) is 129 Å². The van der Waals surface area contributed by atoms with Gasteiger partial charge in [0.1, 0.15) is 48.8 Å². The van der Waals surface area contributed by atoms with E-state index in [2.05, 4.69) is 98.2 Å². The van der Waals surface area contributed by atoms with Crippen LogP contribution in [-0.2, 0) is 23.7 Å². The first-order chi connectivity index (χ1) is 31.1. The second-order valence-electron chi connectivity index (χ2n) is 16.5. The fourth-order valence-corrected chi connectivity index (χ4v) is 7.22. The molecule has 0 aromatic carbocycles. The zero-order chi connectivity index (χ0) is 46.8. The summed E-state index contributed by atoms with van der Waals surface area (Å²) in [5, 5.41) is 86.4. The van der Waals surface area contributed by atoms with Gasteiger partial charge in [0.25, 0.3) is 0 Å². The van der Waals surface area contributed by atoms with Crippen LogP contribution >= 0.6 is 0 Å². The largest absolute Gasteiger partial charge is 0.394 e. The van der Waals surface area contributed by atoms with Gasteiger partial charge in [0, 0.05) is 6.42 Å². The molecule has 2 rings (SSSR count). The maximum atomic E-state index is 13.1. The lowest BCUT2D eigenvalue weighted by molar-refractivity contribution is -0.359. The molecule has 64 heavy (non-hydrogen) atoms. The van der Waals surface area contributed by atoms with Gasteiger partial charge in [-0.1, -0.05) is 144 Å². The molecule has 2 fully saturated rings. The Morgan fingerprint density at radius 1 is 0.578 bits per heavy atom. The molecule has 0 bridgehead atoms. The van der Waals surface area contributed by atoms with Crippen molar-refractivity contribution in [3.05, 3.63) is 85.1 Å². The van der Waals surface area contributed by atoms with Crippen molar-refractivity contribution in [2.24, 2.45) is 0 Å². The van der Waals surface area contributed by atoms with Gasteiger partial charge >= 0.3 is 0 Å². The fourth-order valence-electron chi connectivity index (χ4n) is 7.22. The lowest BCUT2D eigenvalue weighted by Gasteiger charge is -2.46. The smallest absolute Gasteiger partial charge is 0.220 e. The monoisotopic (exact) mass is 906 g/mol. The van der Waals surface area contributed by atoms with E-state index in [1.807, 2.05) is 6.08 Å². The van der Waals surface area contributed by atoms with Gasteiger partial charge in [-0.3, -0.25) is 4.79 Å². The summed E-state index contributed by atoms with van der Waals surface area (Å²) in [5.74, 6) is -0.274. The molecule has 0 saturated carbocycles. The number of aliphatic hydroxyl groups excluding tert-OH is 8. The molecule has 2 aliphatic rings. The molecule has 0 aliphatic carbocycles. The summed E-state index contributed by atoms with van der Waals surface area (Å²) >= 11 is 0. The van der Waals surface area contributed by atoms with Crippen LogP contribution < -0.4 is 5.32 Å². The van der Waals surface area contributed by atoms with Crippen molar-refractivity contribution in [3.8, 4) is 0 Å². The van der Waals surface area contributed by atoms with Gasteiger partial charge < -0.3 is 65.1 Å². The van der Waals surface area contributed by atoms with Gasteiger partial charge in [0.15, 0.2) is 12.6 Å². The number of unbranched alkanes of at least 4 members (excludes halogenated alkanes) is 7. The minimum atomic E-state index is -1.79. The van der Waals surface area contributed by atoms with E-state index in [4.69, 9.17) is 18.9 Å². The number of nitrogens with one attached hydrogen (secondary N) is 1. The number of allylic oxidation sites excluding steroid dienone is 14. The number of hydrogen-bond donors (Lipinski definition) is 9. The summed E-state index contributed by atoms with van der Waals surface area (Å²) in [6.45, 7) is 2.60. The van der Waals surface area contributed by atoms with Gasteiger partial charge in [0.2, 0.25) is 5.91 Å². The van der Waals surface area contributed by atoms with Crippen LogP contribution in [0.4, 0.5) is 0 Å². The molecule has 12 atom stereocenters. The molecule has 0 radical (unpaired) electrons. The average Bonchev–Trinajstić information content (AvgIpc) is 3.29. The normalized spacial score (nSPS) is 28.0. The highest BCUT2D eigenvalue weighted by atomic mass is 16.7. The third-order valence-electron chi connectivity index (χ3n) is 11.1. The van der Waals surface area contributed by atoms with E-state index in [-0.39, 0.29) is 18.9 Å². The number of ether oxygens (including phenoxy) is 4. The molecule has 2 saturated heterocycles. The van der Waals surface area contributed by atoms with E-state index in [0.29, 0.717) is 19.3 Å². The summed E-state index contributed by atoms with van der Waals surface area (Å²) in [4.78, 5) is 13.1. The molecule has 0 spiro atoms. The molecule has 12 unspecified atom stereocenters. The van der Waals surface area contributed by atoms with E-state index in [0.717, 1.165) is 77.0 Å². The van der Waals surface area contributed by atoms with Crippen molar-refractivity contribution in [1.82, 2.24) is 5.32 Å². The van der Waals surface area contributed by atoms with Crippen molar-refractivity contribution in [2.45, 2.75) is 203 Å². The average molecular weight is 906 g/mol. The van der Waals surface area contributed by atoms with Crippen LogP contribution in [-0.4, -0.2) is 140 Å². The summed E-state index contributed by atoms with van der Waals surface area (Å²) in [6.07, 6.45) is 29.1. The first-order valence-electron chi connectivity index (χ1n) is 23.8. The van der Waals surface area contributed by atoms with Crippen LogP contribution in [0.3, 0.4) is 0 Å². The highest BCUT2D eigenvalue weighted by molar-refractivity contribution is 5.76. The van der Waals surface area contributed by atoms with Crippen LogP contribution in [0.25, 0.3) is 0 Å². The number of rotatable bonds is 34. The fraction of sp³-hybridized carbons (Fsp3) is 0.700. The van der Waals surface area contributed by atoms with E-state index >= 15 is 0 Å². The molecule has 14 heteroatoms. The molecule has 2 aliphatic heterocycles. The maximum absolute atomic E-state index is 13.1. The van der Waals surface area contributed by atoms with E-state index in [1.54, 1.807) is 0 Å². The number of amides is 1. The quantitative estimate of drug-likeness (QED) is 0.0291. The lowest BCUT2D eigenvalue weighted by Crippen LogP contribution is -2.65. The van der Waals surface area contributed by atoms with Gasteiger partial charge in [-0.2, -0.15) is 0 Å². The Labute approximate surface area is 382 Å². The second kappa shape index (κ2) is 36.3. The van der Waals surface area contributed by atoms with Crippen molar-refractivity contribution in [3.63, 3.8) is 0 Å². The Morgan fingerprint density at radius 3 is 1.59 bits per heavy atom. The van der Waals surface area contributed by atoms with Gasteiger partial charge in [-0.25, -0.2) is 0 Å². The third-order valence-corrected chi connectivity index (χ3v) is 11.1. The molecule has 0 aromatic rings. The molecule has 1 amide bonds. The van der Waals surface area contributed by atoms with Crippen molar-refractivity contribution in [2.75, 3.05) is 19.8 Å². The molecule has 9 N–H and O–H groups in total. The summed E-state index contributed by atoms with van der Waals surface area (Å²) in [7, 11) is 0. The third kappa shape index (κ3) is 23.6. The van der Waals surface area contributed by atoms with Crippen molar-refractivity contribution >= 4 is 5.91 Å². The van der Waals surface area contributed by atoms with E-state index in [1.165, 1.54) is 12.8 Å². The summed E-state index contributed by atoms with van der Waals surface area (Å²) in [5.41, 5.74) is 0. The Balaban J connectivity index is 1.81. The van der Waals surface area contributed by atoms with Crippen LogP contribution in [0, 0.1) is 0 Å². The summed E-state index contributed by atoms with van der Waals surface area (Å²) < 4.78 is 22.6. The number of aliphatic hydroxyl groups is 8. The Kier molecular flexibility index (Phi) is 32.5. The second-order valence-corrected chi connectivity index (χ2v) is 16.5. The maximum Gasteiger partial charge on any atom is 0.220 e. The summed E-state index contributed by atoms with van der Waals surface area (Å²) in [6, 6.07) is -0.861. The number of carbonyl (C=O) groups excluding carboxylic acids is 1. The van der Waals surface area contributed by atoms with E-state index in [9.17, 15) is 45.6 Å². The highest BCUT2D eigenvalue weighted by Gasteiger charge is 2.51. The van der Waals surface area contributed by atoms with Gasteiger partial charge in [-0.15, -0.1) is 0 Å². The SMILES string of the molecule is CC/C=C\C/C=C\C/C=C\C/C=C\C/C=C\C/C=C\C/C=C\CCCC(=O)NC(COC1OC(CO)C(OC2OC(CO)C(O)C(O)C2O)C(O)C1O)C(O)CCCCCCCCC. The predicted molar refractivity (Wildman–Crippen MR) is 249 cm³/mol. The van der Waals surface area contributed by atoms with Crippen molar-refractivity contribution < 1.29 is 64.6 Å². The van der Waals surface area contributed by atoms with Gasteiger partial charge in [-0.05, 0) is 64.2 Å². The van der Waals surface area contributed by atoms with Crippen molar-refractivity contribution in [1.29, 1.82) is 0 Å². The molecular weight excluding hydrogens is 823 g/mol.